The van der Waals surface area contributed by atoms with Crippen LogP contribution in [0.25, 0.3) is 17.1 Å². The molecule has 2 heterocycles. The number of aromatic nitrogens is 3. The van der Waals surface area contributed by atoms with Gasteiger partial charge in [-0.3, -0.25) is 9.69 Å². The van der Waals surface area contributed by atoms with Crippen molar-refractivity contribution in [3.63, 3.8) is 0 Å². The SMILES string of the molecule is CCCc1ccc(C)cc1N1C(=O)CSC1=NC(=O)Nc1ccc(-c2ncn(-c3ccc(OC(F)(F)C(F)(F)F)cc3)n2)cc1F. The summed E-state index contributed by atoms with van der Waals surface area (Å²) >= 11 is 1.10. The van der Waals surface area contributed by atoms with Crippen molar-refractivity contribution in [2.24, 2.45) is 4.99 Å². The second-order valence-corrected chi connectivity index (χ2v) is 11.0. The summed E-state index contributed by atoms with van der Waals surface area (Å²) < 4.78 is 83.5. The van der Waals surface area contributed by atoms with Gasteiger partial charge in [0.1, 0.15) is 17.9 Å². The summed E-state index contributed by atoms with van der Waals surface area (Å²) in [6.07, 6.45) is -8.45. The molecule has 9 nitrogen and oxygen atoms in total. The number of amides is 3. The number of hydrogen-bond acceptors (Lipinski definition) is 6. The quantitative estimate of drug-likeness (QED) is 0.196. The van der Waals surface area contributed by atoms with Gasteiger partial charge in [0.25, 0.3) is 0 Å². The largest absolute Gasteiger partial charge is 0.499 e. The number of carbonyl (C=O) groups excluding carboxylic acids is 2. The van der Waals surface area contributed by atoms with Gasteiger partial charge in [-0.2, -0.15) is 26.9 Å². The first-order chi connectivity index (χ1) is 21.8. The van der Waals surface area contributed by atoms with Gasteiger partial charge in [-0.25, -0.2) is 18.9 Å². The molecule has 0 atom stereocenters. The number of alkyl halides is 5. The number of nitrogens with zero attached hydrogens (tertiary/aromatic N) is 5. The number of ether oxygens (including phenoxy) is 1. The van der Waals surface area contributed by atoms with E-state index in [0.29, 0.717) is 5.69 Å². The lowest BCUT2D eigenvalue weighted by molar-refractivity contribution is -0.360. The molecule has 5 rings (SSSR count). The van der Waals surface area contributed by atoms with E-state index < -0.39 is 29.9 Å². The van der Waals surface area contributed by atoms with Crippen LogP contribution in [0, 0.1) is 12.7 Å². The molecule has 3 aromatic carbocycles. The zero-order valence-corrected chi connectivity index (χ0v) is 24.9. The fourth-order valence-corrected chi connectivity index (χ4v) is 5.28. The lowest BCUT2D eigenvalue weighted by Gasteiger charge is -2.20. The van der Waals surface area contributed by atoms with E-state index in [-0.39, 0.29) is 39.6 Å². The summed E-state index contributed by atoms with van der Waals surface area (Å²) in [7, 11) is 0. The van der Waals surface area contributed by atoms with Crippen LogP contribution in [0.3, 0.4) is 0 Å². The first-order valence-corrected chi connectivity index (χ1v) is 14.6. The molecule has 1 saturated heterocycles. The van der Waals surface area contributed by atoms with E-state index in [4.69, 9.17) is 0 Å². The van der Waals surface area contributed by atoms with Crippen LogP contribution in [0.5, 0.6) is 5.75 Å². The number of rotatable bonds is 8. The fourth-order valence-electron chi connectivity index (χ4n) is 4.42. The van der Waals surface area contributed by atoms with Crippen LogP contribution in [0.15, 0.2) is 72.0 Å². The van der Waals surface area contributed by atoms with Gasteiger partial charge in [0.05, 0.1) is 22.8 Å². The molecule has 1 N–H and O–H groups in total. The summed E-state index contributed by atoms with van der Waals surface area (Å²) in [6.45, 7) is 3.91. The van der Waals surface area contributed by atoms with Gasteiger partial charge in [0.2, 0.25) is 5.91 Å². The van der Waals surface area contributed by atoms with E-state index >= 15 is 4.39 Å². The zero-order valence-electron chi connectivity index (χ0n) is 24.1. The molecule has 1 aliphatic heterocycles. The molecule has 0 unspecified atom stereocenters. The first kappa shape index (κ1) is 32.5. The third-order valence-corrected chi connectivity index (χ3v) is 7.53. The predicted molar refractivity (Wildman–Crippen MR) is 160 cm³/mol. The van der Waals surface area contributed by atoms with E-state index in [9.17, 15) is 31.5 Å². The molecular formula is C30H24F6N6O3S. The number of carbonyl (C=O) groups is 2. The van der Waals surface area contributed by atoms with Crippen molar-refractivity contribution in [2.75, 3.05) is 16.0 Å². The predicted octanol–water partition coefficient (Wildman–Crippen LogP) is 7.54. The number of aryl methyl sites for hydroxylation is 2. The summed E-state index contributed by atoms with van der Waals surface area (Å²) in [4.78, 5) is 35.1. The minimum absolute atomic E-state index is 0.0542. The molecule has 1 aliphatic rings. The normalized spacial score (nSPS) is 14.7. The standard InChI is InChI=1S/C30H24F6N6O3S/c1-3-4-18-6-5-17(2)13-24(18)42-25(43)15-46-28(42)39-27(44)38-23-12-7-19(14-22(23)31)26-37-16-41(40-26)20-8-10-21(11-9-20)45-30(35,36)29(32,33)34/h5-14,16H,3-4,15H2,1-2H3,(H,38,44). The van der Waals surface area contributed by atoms with Crippen LogP contribution in [-0.2, 0) is 11.2 Å². The first-order valence-electron chi connectivity index (χ1n) is 13.7. The number of hydrogen-bond donors (Lipinski definition) is 1. The molecule has 3 amide bonds. The highest BCUT2D eigenvalue weighted by Gasteiger charge is 2.61. The van der Waals surface area contributed by atoms with E-state index in [1.807, 2.05) is 32.0 Å². The Labute approximate surface area is 262 Å². The molecule has 0 spiro atoms. The lowest BCUT2D eigenvalue weighted by Crippen LogP contribution is -2.41. The molecular weight excluding hydrogens is 638 g/mol. The van der Waals surface area contributed by atoms with Crippen LogP contribution >= 0.6 is 11.8 Å². The maximum absolute atomic E-state index is 15.0. The average molecular weight is 663 g/mol. The van der Waals surface area contributed by atoms with Crippen molar-refractivity contribution in [2.45, 2.75) is 39.0 Å². The molecule has 0 bridgehead atoms. The molecule has 46 heavy (non-hydrogen) atoms. The van der Waals surface area contributed by atoms with Crippen LogP contribution in [-0.4, -0.2) is 49.9 Å². The number of urea groups is 1. The average Bonchev–Trinajstić information content (AvgIpc) is 3.62. The maximum atomic E-state index is 15.0. The lowest BCUT2D eigenvalue weighted by atomic mass is 10.0. The summed E-state index contributed by atoms with van der Waals surface area (Å²) in [6, 6.07) is 12.8. The third kappa shape index (κ3) is 7.01. The van der Waals surface area contributed by atoms with Crippen molar-refractivity contribution in [1.82, 2.24) is 14.8 Å². The van der Waals surface area contributed by atoms with Crippen molar-refractivity contribution in [3.8, 4) is 22.8 Å². The van der Waals surface area contributed by atoms with Gasteiger partial charge >= 0.3 is 18.3 Å². The number of nitrogens with one attached hydrogen (secondary N) is 1. The minimum Gasteiger partial charge on any atom is -0.426 e. The Morgan fingerprint density at radius 2 is 1.80 bits per heavy atom. The molecule has 1 fully saturated rings. The Bertz CT molecular complexity index is 1810. The Morgan fingerprint density at radius 3 is 2.48 bits per heavy atom. The second kappa shape index (κ2) is 12.9. The number of thioether (sulfide) groups is 1. The molecule has 240 valence electrons. The van der Waals surface area contributed by atoms with E-state index in [1.54, 1.807) is 0 Å². The van der Waals surface area contributed by atoms with Gasteiger partial charge in [-0.1, -0.05) is 37.2 Å². The smallest absolute Gasteiger partial charge is 0.426 e. The van der Waals surface area contributed by atoms with Crippen LogP contribution in [0.2, 0.25) is 0 Å². The highest BCUT2D eigenvalue weighted by Crippen LogP contribution is 2.37. The Hall–Kier alpha value is -4.86. The van der Waals surface area contributed by atoms with Crippen LogP contribution in [0.1, 0.15) is 24.5 Å². The third-order valence-electron chi connectivity index (χ3n) is 6.60. The van der Waals surface area contributed by atoms with Gasteiger partial charge < -0.3 is 10.1 Å². The van der Waals surface area contributed by atoms with Crippen LogP contribution < -0.4 is 15.0 Å². The van der Waals surface area contributed by atoms with Gasteiger partial charge in [0.15, 0.2) is 11.0 Å². The van der Waals surface area contributed by atoms with E-state index in [2.05, 4.69) is 25.1 Å². The number of benzene rings is 3. The van der Waals surface area contributed by atoms with E-state index in [1.165, 1.54) is 40.2 Å². The molecule has 1 aromatic heterocycles. The van der Waals surface area contributed by atoms with Crippen LogP contribution in [0.4, 0.5) is 42.5 Å². The van der Waals surface area contributed by atoms with Gasteiger partial charge in [-0.15, -0.1) is 5.10 Å². The maximum Gasteiger partial charge on any atom is 0.499 e. The summed E-state index contributed by atoms with van der Waals surface area (Å²) in [5, 5.41) is 6.74. The van der Waals surface area contributed by atoms with Crippen molar-refractivity contribution in [1.29, 1.82) is 0 Å². The Balaban J connectivity index is 1.29. The van der Waals surface area contributed by atoms with Crippen molar-refractivity contribution in [3.05, 3.63) is 83.9 Å². The number of aliphatic imine (C=N–C) groups is 1. The summed E-state index contributed by atoms with van der Waals surface area (Å²) in [5.74, 6) is -1.63. The number of anilines is 2. The minimum atomic E-state index is -5.88. The highest BCUT2D eigenvalue weighted by atomic mass is 32.2. The van der Waals surface area contributed by atoms with Crippen molar-refractivity contribution < 1.29 is 40.7 Å². The molecule has 0 saturated carbocycles. The molecule has 16 heteroatoms. The second-order valence-electron chi connectivity index (χ2n) is 10.0. The van der Waals surface area contributed by atoms with Crippen molar-refractivity contribution >= 4 is 40.2 Å². The Morgan fingerprint density at radius 1 is 1.07 bits per heavy atom. The molecule has 0 aliphatic carbocycles. The molecule has 0 radical (unpaired) electrons. The van der Waals surface area contributed by atoms with E-state index in [0.717, 1.165) is 53.9 Å². The monoisotopic (exact) mass is 662 g/mol. The van der Waals surface area contributed by atoms with Gasteiger partial charge in [-0.05, 0) is 73.0 Å². The number of amidine groups is 1. The highest BCUT2D eigenvalue weighted by molar-refractivity contribution is 8.15. The van der Waals surface area contributed by atoms with Gasteiger partial charge in [0, 0.05) is 5.56 Å². The zero-order chi connectivity index (χ0) is 33.2. The number of halogens is 6. The molecule has 4 aromatic rings. The fraction of sp³-hybridized carbons (Fsp3) is 0.233. The summed E-state index contributed by atoms with van der Waals surface area (Å²) in [5.41, 5.74) is 2.80. The Kier molecular flexibility index (Phi) is 9.10. The topological polar surface area (TPSA) is 102 Å².